The van der Waals surface area contributed by atoms with E-state index in [1.165, 1.54) is 0 Å². The van der Waals surface area contributed by atoms with Crippen molar-refractivity contribution in [2.45, 2.75) is 39.2 Å². The van der Waals surface area contributed by atoms with E-state index in [2.05, 4.69) is 0 Å². The molecule has 5 nitrogen and oxygen atoms in total. The first-order valence-corrected chi connectivity index (χ1v) is 8.04. The molecular weight excluding hydrogens is 294 g/mol. The van der Waals surface area contributed by atoms with Crippen LogP contribution in [0.4, 0.5) is 0 Å². The van der Waals surface area contributed by atoms with Gasteiger partial charge in [-0.15, -0.1) is 0 Å². The van der Waals surface area contributed by atoms with Crippen LogP contribution in [0.1, 0.15) is 39.2 Å². The van der Waals surface area contributed by atoms with Crippen LogP contribution in [0.25, 0.3) is 10.8 Å². The number of aromatic nitrogens is 1. The Morgan fingerprint density at radius 1 is 1.04 bits per heavy atom. The molecule has 0 aliphatic heterocycles. The normalized spacial score (nSPS) is 12.1. The van der Waals surface area contributed by atoms with Gasteiger partial charge in [0, 0.05) is 18.8 Å². The Labute approximate surface area is 136 Å². The molecule has 1 unspecified atom stereocenters. The Morgan fingerprint density at radius 3 is 2.22 bits per heavy atom. The minimum atomic E-state index is -0.420. The molecule has 1 aromatic carbocycles. The van der Waals surface area contributed by atoms with Crippen molar-refractivity contribution in [1.82, 2.24) is 4.57 Å². The summed E-state index contributed by atoms with van der Waals surface area (Å²) in [5.74, 6) is -0.496. The second-order valence-electron chi connectivity index (χ2n) is 5.30. The third-order valence-corrected chi connectivity index (χ3v) is 3.65. The molecule has 0 bridgehead atoms. The summed E-state index contributed by atoms with van der Waals surface area (Å²) >= 11 is 0. The van der Waals surface area contributed by atoms with Crippen molar-refractivity contribution in [1.29, 1.82) is 0 Å². The van der Waals surface area contributed by atoms with Gasteiger partial charge in [0.25, 0.3) is 0 Å². The maximum absolute atomic E-state index is 12.3. The number of rotatable bonds is 8. The first-order valence-electron chi connectivity index (χ1n) is 8.04. The molecule has 0 fully saturated rings. The number of fused-ring (bicyclic) bond motifs is 1. The van der Waals surface area contributed by atoms with Crippen molar-refractivity contribution < 1.29 is 19.1 Å². The van der Waals surface area contributed by atoms with E-state index in [1.807, 2.05) is 41.2 Å². The highest BCUT2D eigenvalue weighted by Gasteiger charge is 2.22. The number of carbonyl (C=O) groups excluding carboxylic acids is 2. The molecular formula is C18H23NO4. The first-order chi connectivity index (χ1) is 11.2. The van der Waals surface area contributed by atoms with Crippen LogP contribution in [0.5, 0.6) is 0 Å². The Bertz CT molecular complexity index is 629. The molecule has 1 heterocycles. The molecule has 5 heteroatoms. The topological polar surface area (TPSA) is 57.5 Å². The second-order valence-corrected chi connectivity index (χ2v) is 5.30. The van der Waals surface area contributed by atoms with Gasteiger partial charge >= 0.3 is 11.9 Å². The van der Waals surface area contributed by atoms with E-state index in [1.54, 1.807) is 13.8 Å². The van der Waals surface area contributed by atoms with E-state index in [9.17, 15) is 9.59 Å². The number of carbonyl (C=O) groups is 2. The Morgan fingerprint density at radius 2 is 1.65 bits per heavy atom. The largest absolute Gasteiger partial charge is 0.466 e. The molecule has 0 saturated heterocycles. The van der Waals surface area contributed by atoms with Gasteiger partial charge in [-0.1, -0.05) is 24.3 Å². The van der Waals surface area contributed by atoms with Crippen LogP contribution >= 0.6 is 0 Å². The van der Waals surface area contributed by atoms with Crippen LogP contribution in [-0.4, -0.2) is 29.7 Å². The maximum Gasteiger partial charge on any atom is 0.329 e. The zero-order valence-corrected chi connectivity index (χ0v) is 13.7. The number of nitrogens with zero attached hydrogens (tertiary/aromatic N) is 1. The number of hydrogen-bond acceptors (Lipinski definition) is 4. The molecule has 0 spiro atoms. The number of hydrogen-bond donors (Lipinski definition) is 0. The molecule has 0 aliphatic carbocycles. The molecule has 1 atom stereocenters. The van der Waals surface area contributed by atoms with Crippen molar-refractivity contribution in [2.24, 2.45) is 0 Å². The zero-order valence-electron chi connectivity index (χ0n) is 13.7. The van der Waals surface area contributed by atoms with Crippen molar-refractivity contribution >= 4 is 22.7 Å². The van der Waals surface area contributed by atoms with E-state index in [0.29, 0.717) is 32.5 Å². The summed E-state index contributed by atoms with van der Waals surface area (Å²) in [7, 11) is 0. The number of esters is 2. The average molecular weight is 317 g/mol. The van der Waals surface area contributed by atoms with Gasteiger partial charge in [0.2, 0.25) is 0 Å². The Balaban J connectivity index is 2.10. The Hall–Kier alpha value is -2.30. The highest BCUT2D eigenvalue weighted by atomic mass is 16.5. The molecule has 0 aliphatic rings. The lowest BCUT2D eigenvalue weighted by Crippen LogP contribution is -2.21. The minimum absolute atomic E-state index is 0.229. The zero-order chi connectivity index (χ0) is 16.7. The van der Waals surface area contributed by atoms with Gasteiger partial charge in [0.05, 0.1) is 13.2 Å². The highest BCUT2D eigenvalue weighted by molar-refractivity contribution is 5.83. The van der Waals surface area contributed by atoms with Gasteiger partial charge in [-0.3, -0.25) is 4.79 Å². The van der Waals surface area contributed by atoms with Crippen molar-refractivity contribution in [2.75, 3.05) is 13.2 Å². The molecule has 124 valence electrons. The summed E-state index contributed by atoms with van der Waals surface area (Å²) in [5.41, 5.74) is 0. The van der Waals surface area contributed by atoms with E-state index in [4.69, 9.17) is 9.47 Å². The SMILES string of the molecule is CCOC(=O)CCCC(C(=O)OCC)n1cc2ccccc2c1. The molecule has 2 aromatic rings. The lowest BCUT2D eigenvalue weighted by molar-refractivity contribution is -0.148. The van der Waals surface area contributed by atoms with Crippen LogP contribution in [0.15, 0.2) is 36.7 Å². The van der Waals surface area contributed by atoms with Gasteiger partial charge in [-0.05, 0) is 37.5 Å². The highest BCUT2D eigenvalue weighted by Crippen LogP contribution is 2.23. The summed E-state index contributed by atoms with van der Waals surface area (Å²) in [6.07, 6.45) is 5.32. The van der Waals surface area contributed by atoms with Gasteiger partial charge in [0.15, 0.2) is 0 Å². The predicted octanol–water partition coefficient (Wildman–Crippen LogP) is 3.48. The van der Waals surface area contributed by atoms with Gasteiger partial charge < -0.3 is 14.0 Å². The molecule has 23 heavy (non-hydrogen) atoms. The third kappa shape index (κ3) is 4.58. The van der Waals surface area contributed by atoms with Crippen molar-refractivity contribution in [3.05, 3.63) is 36.7 Å². The molecule has 0 saturated carbocycles. The van der Waals surface area contributed by atoms with Crippen LogP contribution in [0, 0.1) is 0 Å². The van der Waals surface area contributed by atoms with Crippen molar-refractivity contribution in [3.8, 4) is 0 Å². The standard InChI is InChI=1S/C18H23NO4/c1-3-22-17(20)11-7-10-16(18(21)23-4-2)19-12-14-8-5-6-9-15(14)13-19/h5-6,8-9,12-13,16H,3-4,7,10-11H2,1-2H3. The van der Waals surface area contributed by atoms with E-state index in [-0.39, 0.29) is 11.9 Å². The monoisotopic (exact) mass is 317 g/mol. The summed E-state index contributed by atoms with van der Waals surface area (Å²) in [6, 6.07) is 7.52. The third-order valence-electron chi connectivity index (χ3n) is 3.65. The molecule has 0 N–H and O–H groups in total. The van der Waals surface area contributed by atoms with Crippen molar-refractivity contribution in [3.63, 3.8) is 0 Å². The maximum atomic E-state index is 12.3. The first kappa shape index (κ1) is 17.1. The smallest absolute Gasteiger partial charge is 0.329 e. The van der Waals surface area contributed by atoms with E-state index in [0.717, 1.165) is 10.8 Å². The average Bonchev–Trinajstić information content (AvgIpc) is 2.95. The fourth-order valence-corrected chi connectivity index (χ4v) is 2.58. The van der Waals surface area contributed by atoms with Gasteiger partial charge in [-0.2, -0.15) is 0 Å². The van der Waals surface area contributed by atoms with Crippen LogP contribution < -0.4 is 0 Å². The quantitative estimate of drug-likeness (QED) is 0.699. The molecule has 1 aromatic heterocycles. The van der Waals surface area contributed by atoms with Crippen LogP contribution in [0.2, 0.25) is 0 Å². The molecule has 2 rings (SSSR count). The Kier molecular flexibility index (Phi) is 6.20. The summed E-state index contributed by atoms with van der Waals surface area (Å²) in [5, 5.41) is 2.15. The van der Waals surface area contributed by atoms with Gasteiger partial charge in [0.1, 0.15) is 6.04 Å². The fraction of sp³-hybridized carbons (Fsp3) is 0.444. The minimum Gasteiger partial charge on any atom is -0.466 e. The summed E-state index contributed by atoms with van der Waals surface area (Å²) in [4.78, 5) is 23.7. The molecule has 0 radical (unpaired) electrons. The van der Waals surface area contributed by atoms with Crippen LogP contribution in [0.3, 0.4) is 0 Å². The molecule has 0 amide bonds. The number of benzene rings is 1. The number of ether oxygens (including phenoxy) is 2. The predicted molar refractivity (Wildman–Crippen MR) is 88.1 cm³/mol. The fourth-order valence-electron chi connectivity index (χ4n) is 2.58. The van der Waals surface area contributed by atoms with Gasteiger partial charge in [-0.25, -0.2) is 4.79 Å². The van der Waals surface area contributed by atoms with Crippen LogP contribution in [-0.2, 0) is 19.1 Å². The van der Waals surface area contributed by atoms with E-state index < -0.39 is 6.04 Å². The summed E-state index contributed by atoms with van der Waals surface area (Å²) in [6.45, 7) is 4.29. The summed E-state index contributed by atoms with van der Waals surface area (Å²) < 4.78 is 12.0. The lowest BCUT2D eigenvalue weighted by atomic mass is 10.1. The van der Waals surface area contributed by atoms with E-state index >= 15 is 0 Å². The second kappa shape index (κ2) is 8.36. The lowest BCUT2D eigenvalue weighted by Gasteiger charge is -2.17.